The number of carboxylic acid groups (broad SMARTS) is 1. The molecule has 2 rings (SSSR count). The highest BCUT2D eigenvalue weighted by Gasteiger charge is 2.20. The summed E-state index contributed by atoms with van der Waals surface area (Å²) in [5, 5.41) is 9.15. The molecule has 0 radical (unpaired) electrons. The molecule has 3 nitrogen and oxygen atoms in total. The summed E-state index contributed by atoms with van der Waals surface area (Å²) in [6.07, 6.45) is 3.29. The Hall–Kier alpha value is -2.10. The largest absolute Gasteiger partial charge is 0.479 e. The van der Waals surface area contributed by atoms with Crippen molar-refractivity contribution < 1.29 is 14.3 Å². The number of hydrogen-bond donors (Lipinski definition) is 1. The van der Waals surface area contributed by atoms with Crippen molar-refractivity contribution in [3.05, 3.63) is 60.2 Å². The highest BCUT2D eigenvalue weighted by Crippen LogP contribution is 2.19. The molecule has 0 aliphatic carbocycles. The molecule has 1 aromatic carbocycles. The van der Waals surface area contributed by atoms with Crippen molar-refractivity contribution in [3.8, 4) is 0 Å². The summed E-state index contributed by atoms with van der Waals surface area (Å²) in [5.41, 5.74) is 0.420. The van der Waals surface area contributed by atoms with Crippen LogP contribution in [0.15, 0.2) is 48.8 Å². The summed E-state index contributed by atoms with van der Waals surface area (Å²) in [6.45, 7) is 0. The Morgan fingerprint density at radius 2 is 1.94 bits per heavy atom. The zero-order valence-corrected chi connectivity index (χ0v) is 8.38. The Labute approximate surface area is 91.8 Å². The molecule has 16 heavy (non-hydrogen) atoms. The molecule has 1 N–H and O–H groups in total. The molecular weight excluding hydrogens is 209 g/mol. The predicted molar refractivity (Wildman–Crippen MR) is 56.6 cm³/mol. The van der Waals surface area contributed by atoms with Gasteiger partial charge in [-0.1, -0.05) is 12.1 Å². The van der Waals surface area contributed by atoms with Gasteiger partial charge in [0.15, 0.2) is 6.04 Å². The molecule has 4 heteroatoms. The number of nitrogens with zero attached hydrogens (tertiary/aromatic N) is 1. The van der Waals surface area contributed by atoms with Crippen LogP contribution in [-0.4, -0.2) is 15.6 Å². The van der Waals surface area contributed by atoms with Crippen molar-refractivity contribution in [3.63, 3.8) is 0 Å². The summed E-state index contributed by atoms with van der Waals surface area (Å²) < 4.78 is 14.6. The summed E-state index contributed by atoms with van der Waals surface area (Å²) in [5.74, 6) is -1.45. The maximum absolute atomic E-state index is 13.0. The second-order valence-electron chi connectivity index (χ2n) is 3.43. The van der Waals surface area contributed by atoms with E-state index in [1.54, 1.807) is 30.6 Å². The molecule has 0 unspecified atom stereocenters. The molecule has 0 aliphatic rings. The first kappa shape index (κ1) is 10.4. The van der Waals surface area contributed by atoms with Crippen LogP contribution in [0.25, 0.3) is 0 Å². The van der Waals surface area contributed by atoms with Crippen molar-refractivity contribution in [2.75, 3.05) is 0 Å². The lowest BCUT2D eigenvalue weighted by atomic mass is 10.1. The fraction of sp³-hybridized carbons (Fsp3) is 0.0833. The molecule has 0 spiro atoms. The zero-order valence-electron chi connectivity index (χ0n) is 8.38. The zero-order chi connectivity index (χ0) is 11.5. The molecule has 0 amide bonds. The Balaban J connectivity index is 2.45. The molecular formula is C12H10FNO2. The molecule has 0 fully saturated rings. The minimum Gasteiger partial charge on any atom is -0.479 e. The summed E-state index contributed by atoms with van der Waals surface area (Å²) in [7, 11) is 0. The van der Waals surface area contributed by atoms with Crippen molar-refractivity contribution in [1.82, 2.24) is 4.57 Å². The minimum atomic E-state index is -1.01. The lowest BCUT2D eigenvalue weighted by molar-refractivity contribution is -0.139. The van der Waals surface area contributed by atoms with E-state index in [4.69, 9.17) is 5.11 Å². The first-order chi connectivity index (χ1) is 7.68. The number of hydrogen-bond acceptors (Lipinski definition) is 1. The number of carbonyl (C=O) groups is 1. The van der Waals surface area contributed by atoms with E-state index in [2.05, 4.69) is 0 Å². The van der Waals surface area contributed by atoms with E-state index in [1.807, 2.05) is 0 Å². The molecule has 0 aliphatic heterocycles. The average molecular weight is 219 g/mol. The third-order valence-electron chi connectivity index (χ3n) is 2.32. The summed E-state index contributed by atoms with van der Waals surface area (Å²) in [4.78, 5) is 11.2. The van der Waals surface area contributed by atoms with Crippen molar-refractivity contribution in [1.29, 1.82) is 0 Å². The first-order valence-corrected chi connectivity index (χ1v) is 4.79. The van der Waals surface area contributed by atoms with Gasteiger partial charge in [-0.25, -0.2) is 9.18 Å². The quantitative estimate of drug-likeness (QED) is 0.860. The minimum absolute atomic E-state index is 0.420. The van der Waals surface area contributed by atoms with E-state index < -0.39 is 17.8 Å². The van der Waals surface area contributed by atoms with Gasteiger partial charge in [-0.05, 0) is 29.8 Å². The van der Waals surface area contributed by atoms with Gasteiger partial charge < -0.3 is 9.67 Å². The van der Waals surface area contributed by atoms with E-state index in [1.165, 1.54) is 22.8 Å². The van der Waals surface area contributed by atoms with E-state index in [-0.39, 0.29) is 0 Å². The van der Waals surface area contributed by atoms with E-state index in [0.29, 0.717) is 5.56 Å². The highest BCUT2D eigenvalue weighted by molar-refractivity contribution is 5.76. The molecule has 1 atom stereocenters. The second kappa shape index (κ2) is 4.18. The number of carboxylic acids is 1. The third kappa shape index (κ3) is 1.95. The van der Waals surface area contributed by atoms with Crippen molar-refractivity contribution in [2.24, 2.45) is 0 Å². The van der Waals surface area contributed by atoms with Crippen LogP contribution in [-0.2, 0) is 4.79 Å². The van der Waals surface area contributed by atoms with Gasteiger partial charge in [-0.3, -0.25) is 0 Å². The Kier molecular flexibility index (Phi) is 2.72. The molecule has 1 aromatic heterocycles. The summed E-state index contributed by atoms with van der Waals surface area (Å²) >= 11 is 0. The van der Waals surface area contributed by atoms with Crippen LogP contribution < -0.4 is 0 Å². The third-order valence-corrected chi connectivity index (χ3v) is 2.32. The fourth-order valence-corrected chi connectivity index (χ4v) is 1.64. The molecule has 1 heterocycles. The van der Waals surface area contributed by atoms with Gasteiger partial charge in [0.05, 0.1) is 0 Å². The van der Waals surface area contributed by atoms with Gasteiger partial charge in [0.1, 0.15) is 5.82 Å². The fourth-order valence-electron chi connectivity index (χ4n) is 1.64. The number of aromatic nitrogens is 1. The maximum atomic E-state index is 13.0. The van der Waals surface area contributed by atoms with E-state index in [0.717, 1.165) is 0 Å². The average Bonchev–Trinajstić information content (AvgIpc) is 2.71. The van der Waals surface area contributed by atoms with E-state index in [9.17, 15) is 9.18 Å². The SMILES string of the molecule is O=C(O)[C@@H](c1cccc(F)c1)n1cccc1. The Bertz CT molecular complexity index is 493. The maximum Gasteiger partial charge on any atom is 0.331 e. The van der Waals surface area contributed by atoms with Gasteiger partial charge in [-0.15, -0.1) is 0 Å². The van der Waals surface area contributed by atoms with Crippen molar-refractivity contribution in [2.45, 2.75) is 6.04 Å². The Morgan fingerprint density at radius 1 is 1.25 bits per heavy atom. The number of halogens is 1. The van der Waals surface area contributed by atoms with Crippen LogP contribution in [0.2, 0.25) is 0 Å². The molecule has 2 aromatic rings. The number of aliphatic carboxylic acids is 1. The normalized spacial score (nSPS) is 12.3. The lowest BCUT2D eigenvalue weighted by Crippen LogP contribution is -2.19. The van der Waals surface area contributed by atoms with Gasteiger partial charge >= 0.3 is 5.97 Å². The number of rotatable bonds is 3. The molecule has 0 bridgehead atoms. The van der Waals surface area contributed by atoms with Gasteiger partial charge in [-0.2, -0.15) is 0 Å². The van der Waals surface area contributed by atoms with E-state index >= 15 is 0 Å². The number of benzene rings is 1. The predicted octanol–water partition coefficient (Wildman–Crippen LogP) is 2.30. The summed E-state index contributed by atoms with van der Waals surface area (Å²) in [6, 6.07) is 8.21. The topological polar surface area (TPSA) is 42.2 Å². The van der Waals surface area contributed by atoms with Gasteiger partial charge in [0.2, 0.25) is 0 Å². The van der Waals surface area contributed by atoms with Crippen LogP contribution in [0.4, 0.5) is 4.39 Å². The van der Waals surface area contributed by atoms with Gasteiger partial charge in [0.25, 0.3) is 0 Å². The monoisotopic (exact) mass is 219 g/mol. The van der Waals surface area contributed by atoms with Crippen LogP contribution in [0.5, 0.6) is 0 Å². The molecule has 82 valence electrons. The van der Waals surface area contributed by atoms with Crippen LogP contribution in [0.1, 0.15) is 11.6 Å². The molecule has 0 saturated heterocycles. The van der Waals surface area contributed by atoms with Crippen LogP contribution in [0, 0.1) is 5.82 Å². The van der Waals surface area contributed by atoms with Crippen molar-refractivity contribution >= 4 is 5.97 Å². The first-order valence-electron chi connectivity index (χ1n) is 4.79. The van der Waals surface area contributed by atoms with Gasteiger partial charge in [0, 0.05) is 12.4 Å². The second-order valence-corrected chi connectivity index (χ2v) is 3.43. The smallest absolute Gasteiger partial charge is 0.331 e. The lowest BCUT2D eigenvalue weighted by Gasteiger charge is -2.14. The molecule has 0 saturated carbocycles. The highest BCUT2D eigenvalue weighted by atomic mass is 19.1. The van der Waals surface area contributed by atoms with Crippen LogP contribution >= 0.6 is 0 Å². The standard InChI is InChI=1S/C12H10FNO2/c13-10-5-3-4-9(8-10)11(12(15)16)14-6-1-2-7-14/h1-8,11H,(H,15,16)/t11-/m1/s1. The van der Waals surface area contributed by atoms with Crippen LogP contribution in [0.3, 0.4) is 0 Å². The Morgan fingerprint density at radius 3 is 2.50 bits per heavy atom.